The molecular formula is C21H19NO7. The summed E-state index contributed by atoms with van der Waals surface area (Å²) in [6, 6.07) is 7.15. The molecule has 1 atom stereocenters. The van der Waals surface area contributed by atoms with Crippen LogP contribution in [-0.4, -0.2) is 27.2 Å². The van der Waals surface area contributed by atoms with Crippen LogP contribution in [-0.2, 0) is 16.0 Å². The number of phenolic OH excluding ortho intramolecular Hbond substituents is 2. The van der Waals surface area contributed by atoms with Gasteiger partial charge in [-0.2, -0.15) is 0 Å². The summed E-state index contributed by atoms with van der Waals surface area (Å²) in [5.74, 6) is -2.11. The van der Waals surface area contributed by atoms with Crippen molar-refractivity contribution in [1.82, 2.24) is 5.32 Å². The van der Waals surface area contributed by atoms with Gasteiger partial charge in [0.25, 0.3) is 0 Å². The summed E-state index contributed by atoms with van der Waals surface area (Å²) < 4.78 is 5.25. The highest BCUT2D eigenvalue weighted by Crippen LogP contribution is 2.30. The third-order valence-electron chi connectivity index (χ3n) is 4.62. The van der Waals surface area contributed by atoms with Gasteiger partial charge in [0.1, 0.15) is 17.1 Å². The van der Waals surface area contributed by atoms with Crippen LogP contribution in [0.2, 0.25) is 0 Å². The minimum atomic E-state index is -1.35. The lowest BCUT2D eigenvalue weighted by atomic mass is 10.0. The van der Waals surface area contributed by atoms with Crippen molar-refractivity contribution in [2.24, 2.45) is 0 Å². The van der Waals surface area contributed by atoms with E-state index >= 15 is 0 Å². The first-order valence-corrected chi connectivity index (χ1v) is 8.74. The second kappa shape index (κ2) is 7.67. The molecule has 1 unspecified atom stereocenters. The number of rotatable bonds is 5. The summed E-state index contributed by atoms with van der Waals surface area (Å²) in [4.78, 5) is 36.4. The van der Waals surface area contributed by atoms with E-state index in [4.69, 9.17) is 4.42 Å². The summed E-state index contributed by atoms with van der Waals surface area (Å²) in [6.07, 6.45) is -0.417. The first-order valence-electron chi connectivity index (χ1n) is 8.74. The SMILES string of the molecule is Cc1cc(O)c2c(C)c(CC(=O)NC(C(=O)O)c3ccc(O)cc3)c(=O)oc2c1. The summed E-state index contributed by atoms with van der Waals surface area (Å²) in [5, 5.41) is 31.7. The van der Waals surface area contributed by atoms with E-state index in [1.54, 1.807) is 19.9 Å². The molecule has 8 nitrogen and oxygen atoms in total. The summed E-state index contributed by atoms with van der Waals surface area (Å²) >= 11 is 0. The number of aryl methyl sites for hydroxylation is 2. The van der Waals surface area contributed by atoms with Crippen LogP contribution in [0.4, 0.5) is 0 Å². The summed E-state index contributed by atoms with van der Waals surface area (Å²) in [6.45, 7) is 3.33. The maximum atomic E-state index is 12.5. The molecule has 1 heterocycles. The molecular weight excluding hydrogens is 378 g/mol. The number of carbonyl (C=O) groups is 2. The highest BCUT2D eigenvalue weighted by atomic mass is 16.4. The lowest BCUT2D eigenvalue weighted by Crippen LogP contribution is -2.35. The Morgan fingerprint density at radius 2 is 1.76 bits per heavy atom. The number of carboxylic acids is 1. The smallest absolute Gasteiger partial charge is 0.340 e. The fraction of sp³-hybridized carbons (Fsp3) is 0.190. The number of benzene rings is 2. The number of amides is 1. The molecule has 0 spiro atoms. The van der Waals surface area contributed by atoms with Crippen LogP contribution < -0.4 is 10.9 Å². The molecule has 150 valence electrons. The lowest BCUT2D eigenvalue weighted by molar-refractivity contribution is -0.142. The molecule has 3 aromatic rings. The average Bonchev–Trinajstić information content (AvgIpc) is 2.63. The zero-order valence-electron chi connectivity index (χ0n) is 15.7. The van der Waals surface area contributed by atoms with Crippen molar-refractivity contribution in [2.75, 3.05) is 0 Å². The fourth-order valence-electron chi connectivity index (χ4n) is 3.19. The standard InChI is InChI=1S/C21H19NO7/c1-10-7-15(24)18-11(2)14(21(28)29-16(18)8-10)9-17(25)22-19(20(26)27)12-3-5-13(23)6-4-12/h3-8,19,23-24H,9H2,1-2H3,(H,22,25)(H,26,27). The molecule has 8 heteroatoms. The van der Waals surface area contributed by atoms with Crippen LogP contribution in [0.15, 0.2) is 45.6 Å². The van der Waals surface area contributed by atoms with E-state index in [0.717, 1.165) is 0 Å². The van der Waals surface area contributed by atoms with E-state index in [2.05, 4.69) is 5.32 Å². The number of hydrogen-bond donors (Lipinski definition) is 4. The quantitative estimate of drug-likeness (QED) is 0.485. The van der Waals surface area contributed by atoms with Crippen molar-refractivity contribution in [1.29, 1.82) is 0 Å². The largest absolute Gasteiger partial charge is 0.508 e. The molecule has 29 heavy (non-hydrogen) atoms. The Kier molecular flexibility index (Phi) is 5.27. The normalized spacial score (nSPS) is 11.9. The maximum Gasteiger partial charge on any atom is 0.340 e. The molecule has 0 bridgehead atoms. The van der Waals surface area contributed by atoms with Crippen LogP contribution in [0, 0.1) is 13.8 Å². The second-order valence-corrected chi connectivity index (χ2v) is 6.76. The number of aromatic hydroxyl groups is 2. The van der Waals surface area contributed by atoms with E-state index < -0.39 is 30.0 Å². The van der Waals surface area contributed by atoms with E-state index in [0.29, 0.717) is 16.5 Å². The Morgan fingerprint density at radius 3 is 2.38 bits per heavy atom. The van der Waals surface area contributed by atoms with Crippen molar-refractivity contribution in [3.63, 3.8) is 0 Å². The molecule has 3 rings (SSSR count). The van der Waals surface area contributed by atoms with Crippen LogP contribution in [0.25, 0.3) is 11.0 Å². The van der Waals surface area contributed by atoms with E-state index in [1.807, 2.05) is 0 Å². The number of fused-ring (bicyclic) bond motifs is 1. The van der Waals surface area contributed by atoms with Crippen LogP contribution in [0.1, 0.15) is 28.3 Å². The third-order valence-corrected chi connectivity index (χ3v) is 4.62. The van der Waals surface area contributed by atoms with Gasteiger partial charge in [0.2, 0.25) is 5.91 Å². The highest BCUT2D eigenvalue weighted by molar-refractivity contribution is 5.90. The van der Waals surface area contributed by atoms with Crippen LogP contribution >= 0.6 is 0 Å². The van der Waals surface area contributed by atoms with E-state index in [1.165, 1.54) is 30.3 Å². The van der Waals surface area contributed by atoms with Crippen LogP contribution in [0.3, 0.4) is 0 Å². The van der Waals surface area contributed by atoms with Gasteiger partial charge in [-0.15, -0.1) is 0 Å². The van der Waals surface area contributed by atoms with Gasteiger partial charge in [-0.05, 0) is 54.8 Å². The Balaban J connectivity index is 1.92. The molecule has 0 saturated carbocycles. The van der Waals surface area contributed by atoms with Crippen molar-refractivity contribution in [3.05, 3.63) is 69.1 Å². The molecule has 4 N–H and O–H groups in total. The zero-order valence-corrected chi connectivity index (χ0v) is 15.7. The Bertz CT molecular complexity index is 1160. The minimum Gasteiger partial charge on any atom is -0.508 e. The number of phenols is 2. The molecule has 0 aliphatic rings. The van der Waals surface area contributed by atoms with Crippen molar-refractivity contribution in [3.8, 4) is 11.5 Å². The second-order valence-electron chi connectivity index (χ2n) is 6.76. The monoisotopic (exact) mass is 397 g/mol. The van der Waals surface area contributed by atoms with Gasteiger partial charge in [-0.1, -0.05) is 12.1 Å². The molecule has 0 saturated heterocycles. The fourth-order valence-corrected chi connectivity index (χ4v) is 3.19. The number of aliphatic carboxylic acids is 1. The zero-order chi connectivity index (χ0) is 21.3. The Labute approximate surface area is 165 Å². The first kappa shape index (κ1) is 19.9. The number of hydrogen-bond acceptors (Lipinski definition) is 6. The van der Waals surface area contributed by atoms with Gasteiger partial charge in [-0.25, -0.2) is 9.59 Å². The molecule has 0 aliphatic heterocycles. The lowest BCUT2D eigenvalue weighted by Gasteiger charge is -2.16. The highest BCUT2D eigenvalue weighted by Gasteiger charge is 2.24. The first-order chi connectivity index (χ1) is 13.7. The average molecular weight is 397 g/mol. The van der Waals surface area contributed by atoms with Gasteiger partial charge in [0, 0.05) is 0 Å². The summed E-state index contributed by atoms with van der Waals surface area (Å²) in [7, 11) is 0. The van der Waals surface area contributed by atoms with E-state index in [-0.39, 0.29) is 28.2 Å². The van der Waals surface area contributed by atoms with Gasteiger partial charge >= 0.3 is 11.6 Å². The van der Waals surface area contributed by atoms with Gasteiger partial charge in [0.05, 0.1) is 17.4 Å². The molecule has 0 fully saturated rings. The molecule has 2 aromatic carbocycles. The predicted octanol–water partition coefficient (Wildman–Crippen LogP) is 2.31. The van der Waals surface area contributed by atoms with Crippen molar-refractivity contribution < 1.29 is 29.3 Å². The molecule has 1 amide bonds. The summed E-state index contributed by atoms with van der Waals surface area (Å²) in [5.41, 5.74) is 0.873. The van der Waals surface area contributed by atoms with E-state index in [9.17, 15) is 29.7 Å². The molecule has 1 aromatic heterocycles. The Morgan fingerprint density at radius 1 is 1.10 bits per heavy atom. The number of nitrogens with one attached hydrogen (secondary N) is 1. The predicted molar refractivity (Wildman–Crippen MR) is 104 cm³/mol. The van der Waals surface area contributed by atoms with Crippen molar-refractivity contribution in [2.45, 2.75) is 26.3 Å². The van der Waals surface area contributed by atoms with Gasteiger partial charge in [0.15, 0.2) is 6.04 Å². The molecule has 0 aliphatic carbocycles. The molecule has 0 radical (unpaired) electrons. The topological polar surface area (TPSA) is 137 Å². The number of carbonyl (C=O) groups excluding carboxylic acids is 1. The third kappa shape index (κ3) is 4.06. The van der Waals surface area contributed by atoms with Gasteiger partial charge in [-0.3, -0.25) is 4.79 Å². The Hall–Kier alpha value is -3.81. The van der Waals surface area contributed by atoms with Crippen molar-refractivity contribution >= 4 is 22.8 Å². The van der Waals surface area contributed by atoms with Crippen LogP contribution in [0.5, 0.6) is 11.5 Å². The minimum absolute atomic E-state index is 0.0315. The maximum absolute atomic E-state index is 12.5. The number of carboxylic acid groups (broad SMARTS) is 1. The van der Waals surface area contributed by atoms with Gasteiger partial charge < -0.3 is 25.1 Å².